The predicted molar refractivity (Wildman–Crippen MR) is 77.9 cm³/mol. The fourth-order valence-electron chi connectivity index (χ4n) is 2.01. The zero-order valence-electron chi connectivity index (χ0n) is 11.6. The molecular formula is C15H14FNO3S. The summed E-state index contributed by atoms with van der Waals surface area (Å²) in [6.07, 6.45) is 0. The molecule has 0 aliphatic rings. The summed E-state index contributed by atoms with van der Waals surface area (Å²) >= 11 is 0. The summed E-state index contributed by atoms with van der Waals surface area (Å²) in [5, 5.41) is 0. The third kappa shape index (κ3) is 2.95. The summed E-state index contributed by atoms with van der Waals surface area (Å²) in [6.45, 7) is 2.80. The number of benzene rings is 2. The lowest BCUT2D eigenvalue weighted by atomic mass is 10.2. The maximum absolute atomic E-state index is 13.0. The molecule has 0 unspecified atom stereocenters. The van der Waals surface area contributed by atoms with Crippen molar-refractivity contribution in [2.45, 2.75) is 18.7 Å². The quantitative estimate of drug-likeness (QED) is 0.876. The van der Waals surface area contributed by atoms with Crippen molar-refractivity contribution in [3.63, 3.8) is 0 Å². The van der Waals surface area contributed by atoms with E-state index in [1.807, 2.05) is 0 Å². The Morgan fingerprint density at radius 2 is 1.62 bits per heavy atom. The molecule has 21 heavy (non-hydrogen) atoms. The van der Waals surface area contributed by atoms with Gasteiger partial charge < -0.3 is 0 Å². The molecule has 0 aromatic heterocycles. The molecule has 110 valence electrons. The van der Waals surface area contributed by atoms with Crippen LogP contribution in [0, 0.1) is 12.7 Å². The van der Waals surface area contributed by atoms with Gasteiger partial charge in [0.2, 0.25) is 5.91 Å². The van der Waals surface area contributed by atoms with E-state index >= 15 is 0 Å². The number of hydrogen-bond donors (Lipinski definition) is 0. The first-order valence-corrected chi connectivity index (χ1v) is 7.65. The molecule has 0 radical (unpaired) electrons. The van der Waals surface area contributed by atoms with Crippen LogP contribution >= 0.6 is 0 Å². The van der Waals surface area contributed by atoms with Crippen LogP contribution in [0.25, 0.3) is 0 Å². The number of hydrogen-bond acceptors (Lipinski definition) is 3. The summed E-state index contributed by atoms with van der Waals surface area (Å²) in [5.41, 5.74) is 0.637. The van der Waals surface area contributed by atoms with E-state index in [1.54, 1.807) is 25.1 Å². The van der Waals surface area contributed by atoms with E-state index in [2.05, 4.69) is 0 Å². The highest BCUT2D eigenvalue weighted by Gasteiger charge is 2.29. The monoisotopic (exact) mass is 307 g/mol. The van der Waals surface area contributed by atoms with Gasteiger partial charge >= 0.3 is 0 Å². The van der Waals surface area contributed by atoms with Gasteiger partial charge in [-0.15, -0.1) is 0 Å². The van der Waals surface area contributed by atoms with E-state index in [0.29, 0.717) is 9.87 Å². The van der Waals surface area contributed by atoms with E-state index in [9.17, 15) is 17.6 Å². The normalized spacial score (nSPS) is 11.2. The maximum Gasteiger partial charge on any atom is 0.271 e. The minimum atomic E-state index is -4.04. The van der Waals surface area contributed by atoms with Gasteiger partial charge in [0.15, 0.2) is 0 Å². The average molecular weight is 307 g/mol. The Labute approximate surface area is 122 Å². The van der Waals surface area contributed by atoms with Crippen LogP contribution in [-0.2, 0) is 14.8 Å². The number of rotatable bonds is 3. The molecule has 2 aromatic rings. The van der Waals surface area contributed by atoms with Crippen LogP contribution in [-0.4, -0.2) is 14.3 Å². The van der Waals surface area contributed by atoms with E-state index in [1.165, 1.54) is 18.2 Å². The molecule has 0 fully saturated rings. The minimum Gasteiger partial charge on any atom is -0.274 e. The molecule has 0 aliphatic heterocycles. The van der Waals surface area contributed by atoms with Gasteiger partial charge in [-0.25, -0.2) is 17.1 Å². The molecule has 0 atom stereocenters. The van der Waals surface area contributed by atoms with Crippen LogP contribution in [0.15, 0.2) is 53.4 Å². The standard InChI is InChI=1S/C15H14FNO3S/c1-11-5-3-4-6-15(11)21(19,20)17(12(2)18)14-9-7-13(16)8-10-14/h3-10H,1-2H3. The van der Waals surface area contributed by atoms with Gasteiger partial charge in [-0.3, -0.25) is 4.79 Å². The molecule has 2 aromatic carbocycles. The summed E-state index contributed by atoms with van der Waals surface area (Å²) in [6, 6.07) is 11.1. The minimum absolute atomic E-state index is 0.0459. The lowest BCUT2D eigenvalue weighted by Gasteiger charge is -2.22. The van der Waals surface area contributed by atoms with Crippen LogP contribution in [0.1, 0.15) is 12.5 Å². The number of carbonyl (C=O) groups excluding carboxylic acids is 1. The van der Waals surface area contributed by atoms with Gasteiger partial charge in [0, 0.05) is 6.92 Å². The third-order valence-electron chi connectivity index (χ3n) is 2.96. The second kappa shape index (κ2) is 5.65. The van der Waals surface area contributed by atoms with Crippen molar-refractivity contribution in [3.8, 4) is 0 Å². The Balaban J connectivity index is 2.60. The molecule has 0 bridgehead atoms. The zero-order chi connectivity index (χ0) is 15.6. The van der Waals surface area contributed by atoms with Gasteiger partial charge in [0.1, 0.15) is 5.82 Å². The first-order chi connectivity index (χ1) is 9.84. The maximum atomic E-state index is 13.0. The smallest absolute Gasteiger partial charge is 0.271 e. The first-order valence-electron chi connectivity index (χ1n) is 6.21. The Kier molecular flexibility index (Phi) is 4.09. The van der Waals surface area contributed by atoms with Crippen LogP contribution in [0.2, 0.25) is 0 Å². The highest BCUT2D eigenvalue weighted by atomic mass is 32.2. The van der Waals surface area contributed by atoms with Gasteiger partial charge in [0.25, 0.3) is 10.0 Å². The van der Waals surface area contributed by atoms with Crippen LogP contribution in [0.3, 0.4) is 0 Å². The molecule has 0 saturated carbocycles. The molecule has 2 rings (SSSR count). The predicted octanol–water partition coefficient (Wildman–Crippen LogP) is 2.88. The van der Waals surface area contributed by atoms with Crippen molar-refractivity contribution < 1.29 is 17.6 Å². The third-order valence-corrected chi connectivity index (χ3v) is 4.92. The first kappa shape index (κ1) is 15.2. The molecule has 0 heterocycles. The SMILES string of the molecule is CC(=O)N(c1ccc(F)cc1)S(=O)(=O)c1ccccc1C. The van der Waals surface area contributed by atoms with Crippen molar-refractivity contribution in [1.82, 2.24) is 0 Å². The van der Waals surface area contributed by atoms with E-state index in [0.717, 1.165) is 19.1 Å². The second-order valence-corrected chi connectivity index (χ2v) is 6.29. The summed E-state index contributed by atoms with van der Waals surface area (Å²) < 4.78 is 39.0. The topological polar surface area (TPSA) is 54.5 Å². The Morgan fingerprint density at radius 3 is 2.14 bits per heavy atom. The van der Waals surface area contributed by atoms with E-state index in [-0.39, 0.29) is 10.6 Å². The lowest BCUT2D eigenvalue weighted by molar-refractivity contribution is -0.115. The molecule has 0 saturated heterocycles. The molecule has 4 nitrogen and oxygen atoms in total. The number of sulfonamides is 1. The molecule has 1 amide bonds. The highest BCUT2D eigenvalue weighted by Crippen LogP contribution is 2.26. The second-order valence-electron chi connectivity index (χ2n) is 4.53. The molecule has 0 aliphatic carbocycles. The van der Waals surface area contributed by atoms with Crippen molar-refractivity contribution >= 4 is 21.6 Å². The van der Waals surface area contributed by atoms with Crippen LogP contribution in [0.4, 0.5) is 10.1 Å². The Hall–Kier alpha value is -2.21. The molecule has 0 N–H and O–H groups in total. The average Bonchev–Trinajstić information content (AvgIpc) is 2.41. The largest absolute Gasteiger partial charge is 0.274 e. The fraction of sp³-hybridized carbons (Fsp3) is 0.133. The van der Waals surface area contributed by atoms with Gasteiger partial charge in [-0.2, -0.15) is 0 Å². The summed E-state index contributed by atoms with van der Waals surface area (Å²) in [4.78, 5) is 11.9. The summed E-state index contributed by atoms with van der Waals surface area (Å²) in [7, 11) is -4.04. The molecule has 6 heteroatoms. The van der Waals surface area contributed by atoms with Crippen molar-refractivity contribution in [2.24, 2.45) is 0 Å². The van der Waals surface area contributed by atoms with E-state index in [4.69, 9.17) is 0 Å². The van der Waals surface area contributed by atoms with Crippen molar-refractivity contribution in [2.75, 3.05) is 4.31 Å². The molecule has 0 spiro atoms. The number of aryl methyl sites for hydroxylation is 1. The number of carbonyl (C=O) groups is 1. The van der Waals surface area contributed by atoms with Crippen LogP contribution < -0.4 is 4.31 Å². The number of anilines is 1. The number of amides is 1. The molecular weight excluding hydrogens is 293 g/mol. The zero-order valence-corrected chi connectivity index (χ0v) is 12.4. The highest BCUT2D eigenvalue weighted by molar-refractivity contribution is 7.93. The Bertz CT molecular complexity index is 770. The van der Waals surface area contributed by atoms with Crippen molar-refractivity contribution in [3.05, 3.63) is 59.9 Å². The van der Waals surface area contributed by atoms with Gasteiger partial charge in [0.05, 0.1) is 10.6 Å². The van der Waals surface area contributed by atoms with Crippen molar-refractivity contribution in [1.29, 1.82) is 0 Å². The number of nitrogens with zero attached hydrogens (tertiary/aromatic N) is 1. The van der Waals surface area contributed by atoms with E-state index < -0.39 is 21.7 Å². The van der Waals surface area contributed by atoms with Crippen LogP contribution in [0.5, 0.6) is 0 Å². The summed E-state index contributed by atoms with van der Waals surface area (Å²) in [5.74, 6) is -1.17. The Morgan fingerprint density at radius 1 is 1.05 bits per heavy atom. The van der Waals surface area contributed by atoms with Gasteiger partial charge in [-0.05, 0) is 42.8 Å². The fourth-order valence-corrected chi connectivity index (χ4v) is 3.67. The lowest BCUT2D eigenvalue weighted by Crippen LogP contribution is -2.35. The number of halogens is 1. The van der Waals surface area contributed by atoms with Gasteiger partial charge in [-0.1, -0.05) is 18.2 Å².